The summed E-state index contributed by atoms with van der Waals surface area (Å²) < 4.78 is 10.8. The van der Waals surface area contributed by atoms with Crippen LogP contribution in [0.3, 0.4) is 0 Å². The second-order valence-electron chi connectivity index (χ2n) is 3.74. The van der Waals surface area contributed by atoms with Gasteiger partial charge < -0.3 is 14.8 Å². The molecule has 0 saturated heterocycles. The van der Waals surface area contributed by atoms with Crippen molar-refractivity contribution in [3.05, 3.63) is 40.2 Å². The first-order valence-electron chi connectivity index (χ1n) is 5.72. The Morgan fingerprint density at radius 2 is 2.21 bits per heavy atom. The highest BCUT2D eigenvalue weighted by molar-refractivity contribution is 9.10. The Morgan fingerprint density at radius 3 is 2.89 bits per heavy atom. The number of nitrogens with one attached hydrogen (secondary N) is 1. The van der Waals surface area contributed by atoms with Crippen molar-refractivity contribution < 1.29 is 19.1 Å². The van der Waals surface area contributed by atoms with Crippen molar-refractivity contribution in [1.29, 1.82) is 0 Å². The van der Waals surface area contributed by atoms with Gasteiger partial charge in [0.2, 0.25) is 11.7 Å². The fourth-order valence-corrected chi connectivity index (χ4v) is 1.99. The number of hydrogen-bond donors (Lipinski definition) is 1. The molecule has 0 aromatic heterocycles. The number of anilines is 1. The first-order chi connectivity index (χ1) is 9.13. The van der Waals surface area contributed by atoms with Gasteiger partial charge in [-0.1, -0.05) is 12.1 Å². The minimum absolute atomic E-state index is 0.0717. The molecular weight excluding hydrogens is 314 g/mol. The summed E-state index contributed by atoms with van der Waals surface area (Å²) in [6.07, 6.45) is 0. The van der Waals surface area contributed by atoms with Crippen LogP contribution in [0.5, 0.6) is 0 Å². The van der Waals surface area contributed by atoms with E-state index < -0.39 is 5.97 Å². The molecule has 5 nitrogen and oxygen atoms in total. The van der Waals surface area contributed by atoms with Gasteiger partial charge in [0, 0.05) is 4.47 Å². The van der Waals surface area contributed by atoms with Crippen molar-refractivity contribution >= 4 is 33.4 Å². The van der Waals surface area contributed by atoms with Crippen LogP contribution in [0.25, 0.3) is 0 Å². The summed E-state index contributed by atoms with van der Waals surface area (Å²) in [6.45, 7) is 1.73. The van der Waals surface area contributed by atoms with Gasteiger partial charge in [0.25, 0.3) is 0 Å². The van der Waals surface area contributed by atoms with E-state index in [9.17, 15) is 9.59 Å². The Bertz CT molecular complexity index is 553. The van der Waals surface area contributed by atoms with Crippen molar-refractivity contribution in [2.75, 3.05) is 18.5 Å². The van der Waals surface area contributed by atoms with E-state index >= 15 is 0 Å². The number of ketones is 1. The lowest BCUT2D eigenvalue weighted by atomic mass is 10.2. The van der Waals surface area contributed by atoms with Crippen LogP contribution < -0.4 is 5.32 Å². The third-order valence-corrected chi connectivity index (χ3v) is 3.15. The molecule has 1 aromatic carbocycles. The molecule has 1 heterocycles. The van der Waals surface area contributed by atoms with E-state index in [2.05, 4.69) is 21.2 Å². The average molecular weight is 326 g/mol. The van der Waals surface area contributed by atoms with Gasteiger partial charge in [-0.2, -0.15) is 0 Å². The summed E-state index contributed by atoms with van der Waals surface area (Å²) in [5, 5.41) is 2.92. The quantitative estimate of drug-likeness (QED) is 0.679. The third kappa shape index (κ3) is 2.96. The monoisotopic (exact) mass is 325 g/mol. The molecule has 1 aliphatic rings. The van der Waals surface area contributed by atoms with E-state index in [-0.39, 0.29) is 30.5 Å². The van der Waals surface area contributed by atoms with Gasteiger partial charge in [0.1, 0.15) is 0 Å². The number of carbonyl (C=O) groups is 2. The molecule has 6 heteroatoms. The van der Waals surface area contributed by atoms with Crippen LogP contribution in [0, 0.1) is 0 Å². The standard InChI is InChI=1S/C13H12BrNO4/c1-2-18-13(17)11-10(16)7-19-12(11)15-9-6-4-3-5-8(9)14/h3-6,15H,2,7H2,1H3. The number of ether oxygens (including phenoxy) is 2. The van der Waals surface area contributed by atoms with Crippen LogP contribution in [0.1, 0.15) is 6.92 Å². The molecule has 0 amide bonds. The van der Waals surface area contributed by atoms with Crippen molar-refractivity contribution in [3.63, 3.8) is 0 Å². The van der Waals surface area contributed by atoms with Crippen LogP contribution in [0.15, 0.2) is 40.2 Å². The molecule has 0 bridgehead atoms. The maximum absolute atomic E-state index is 11.7. The Balaban J connectivity index is 2.28. The number of rotatable bonds is 4. The molecule has 0 aliphatic carbocycles. The molecule has 0 unspecified atom stereocenters. The van der Waals surface area contributed by atoms with Crippen LogP contribution in [0.2, 0.25) is 0 Å². The molecule has 100 valence electrons. The largest absolute Gasteiger partial charge is 0.470 e. The first-order valence-corrected chi connectivity index (χ1v) is 6.51. The van der Waals surface area contributed by atoms with Gasteiger partial charge in [-0.15, -0.1) is 0 Å². The molecule has 0 radical (unpaired) electrons. The molecule has 19 heavy (non-hydrogen) atoms. The summed E-state index contributed by atoms with van der Waals surface area (Å²) in [5.74, 6) is -0.914. The van der Waals surface area contributed by atoms with Gasteiger partial charge in [0.15, 0.2) is 12.2 Å². The van der Waals surface area contributed by atoms with Crippen LogP contribution >= 0.6 is 15.9 Å². The Labute approximate surface area is 118 Å². The predicted molar refractivity (Wildman–Crippen MR) is 72.4 cm³/mol. The maximum Gasteiger partial charge on any atom is 0.347 e. The zero-order chi connectivity index (χ0) is 13.8. The zero-order valence-corrected chi connectivity index (χ0v) is 11.8. The lowest BCUT2D eigenvalue weighted by Crippen LogP contribution is -2.16. The second kappa shape index (κ2) is 5.88. The number of esters is 1. The molecule has 1 N–H and O–H groups in total. The number of hydrogen-bond acceptors (Lipinski definition) is 5. The second-order valence-corrected chi connectivity index (χ2v) is 4.60. The van der Waals surface area contributed by atoms with Gasteiger partial charge in [-0.3, -0.25) is 4.79 Å². The molecular formula is C13H12BrNO4. The highest BCUT2D eigenvalue weighted by Crippen LogP contribution is 2.26. The van der Waals surface area contributed by atoms with Crippen LogP contribution in [0.4, 0.5) is 5.69 Å². The van der Waals surface area contributed by atoms with Gasteiger partial charge in [0.05, 0.1) is 12.3 Å². The third-order valence-electron chi connectivity index (χ3n) is 2.46. The Morgan fingerprint density at radius 1 is 1.47 bits per heavy atom. The topological polar surface area (TPSA) is 64.6 Å². The van der Waals surface area contributed by atoms with Crippen molar-refractivity contribution in [3.8, 4) is 0 Å². The van der Waals surface area contributed by atoms with E-state index in [4.69, 9.17) is 9.47 Å². The molecule has 2 rings (SSSR count). The molecule has 0 spiro atoms. The summed E-state index contributed by atoms with van der Waals surface area (Å²) in [4.78, 5) is 23.3. The normalized spacial score (nSPS) is 14.3. The van der Waals surface area contributed by atoms with E-state index in [1.165, 1.54) is 0 Å². The lowest BCUT2D eigenvalue weighted by molar-refractivity contribution is -0.139. The lowest BCUT2D eigenvalue weighted by Gasteiger charge is -2.10. The maximum atomic E-state index is 11.7. The predicted octanol–water partition coefficient (Wildman–Crippen LogP) is 2.24. The number of halogens is 1. The molecule has 0 fully saturated rings. The highest BCUT2D eigenvalue weighted by Gasteiger charge is 2.32. The van der Waals surface area contributed by atoms with E-state index in [1.807, 2.05) is 18.2 Å². The van der Waals surface area contributed by atoms with Gasteiger partial charge in [-0.05, 0) is 35.0 Å². The average Bonchev–Trinajstić information content (AvgIpc) is 2.74. The first kappa shape index (κ1) is 13.6. The molecule has 1 aliphatic heterocycles. The summed E-state index contributed by atoms with van der Waals surface area (Å²) in [6, 6.07) is 7.32. The van der Waals surface area contributed by atoms with Gasteiger partial charge >= 0.3 is 5.97 Å². The Hall–Kier alpha value is -1.82. The summed E-state index contributed by atoms with van der Waals surface area (Å²) >= 11 is 3.36. The smallest absolute Gasteiger partial charge is 0.347 e. The molecule has 0 saturated carbocycles. The van der Waals surface area contributed by atoms with Crippen LogP contribution in [-0.4, -0.2) is 25.0 Å². The van der Waals surface area contributed by atoms with Crippen molar-refractivity contribution in [2.24, 2.45) is 0 Å². The minimum Gasteiger partial charge on any atom is -0.470 e. The fraction of sp³-hybridized carbons (Fsp3) is 0.231. The summed E-state index contributed by atoms with van der Waals surface area (Å²) in [5.41, 5.74) is 0.631. The number of Topliss-reactive ketones (excluding diaryl/α,β-unsaturated/α-hetero) is 1. The molecule has 0 atom stereocenters. The van der Waals surface area contributed by atoms with E-state index in [0.717, 1.165) is 4.47 Å². The number of carbonyl (C=O) groups excluding carboxylic acids is 2. The van der Waals surface area contributed by atoms with Crippen LogP contribution in [-0.2, 0) is 19.1 Å². The molecule has 1 aromatic rings. The summed E-state index contributed by atoms with van der Waals surface area (Å²) in [7, 11) is 0. The number of para-hydroxylation sites is 1. The van der Waals surface area contributed by atoms with Gasteiger partial charge in [-0.25, -0.2) is 4.79 Å². The van der Waals surface area contributed by atoms with Crippen molar-refractivity contribution in [1.82, 2.24) is 0 Å². The van der Waals surface area contributed by atoms with E-state index in [1.54, 1.807) is 13.0 Å². The fourth-order valence-electron chi connectivity index (χ4n) is 1.60. The van der Waals surface area contributed by atoms with E-state index in [0.29, 0.717) is 5.69 Å². The van der Waals surface area contributed by atoms with Crippen molar-refractivity contribution in [2.45, 2.75) is 6.92 Å². The SMILES string of the molecule is CCOC(=O)C1=C(Nc2ccccc2Br)OCC1=O. The zero-order valence-electron chi connectivity index (χ0n) is 10.2. The number of benzene rings is 1. The highest BCUT2D eigenvalue weighted by atomic mass is 79.9. The Kier molecular flexibility index (Phi) is 4.21. The minimum atomic E-state index is -0.667.